The number of piperazine rings is 1. The van der Waals surface area contributed by atoms with Crippen molar-refractivity contribution in [3.05, 3.63) is 47.8 Å². The highest BCUT2D eigenvalue weighted by Gasteiger charge is 2.28. The molecular formula is C17H21N5O3. The fourth-order valence-corrected chi connectivity index (χ4v) is 3.07. The number of nitrogens with two attached hydrogens (primary N) is 1. The highest BCUT2D eigenvalue weighted by molar-refractivity contribution is 5.91. The Labute approximate surface area is 145 Å². The number of primary amides is 1. The first-order valence-electron chi connectivity index (χ1n) is 8.04. The van der Waals surface area contributed by atoms with E-state index in [2.05, 4.69) is 10.00 Å². The van der Waals surface area contributed by atoms with Crippen LogP contribution < -0.4 is 5.73 Å². The fourth-order valence-electron chi connectivity index (χ4n) is 3.07. The Kier molecular flexibility index (Phi) is 4.82. The summed E-state index contributed by atoms with van der Waals surface area (Å²) in [5.41, 5.74) is 7.13. The van der Waals surface area contributed by atoms with Crippen LogP contribution in [0.15, 0.2) is 36.7 Å². The van der Waals surface area contributed by atoms with Gasteiger partial charge in [-0.3, -0.25) is 14.6 Å². The van der Waals surface area contributed by atoms with Gasteiger partial charge in [0.2, 0.25) is 5.91 Å². The number of carbonyl (C=O) groups excluding carboxylic acids is 1. The summed E-state index contributed by atoms with van der Waals surface area (Å²) in [6, 6.07) is 6.44. The molecule has 8 nitrogen and oxygen atoms in total. The van der Waals surface area contributed by atoms with Crippen LogP contribution in [0, 0.1) is 0 Å². The Morgan fingerprint density at radius 2 is 2.08 bits per heavy atom. The van der Waals surface area contributed by atoms with Gasteiger partial charge >= 0.3 is 5.97 Å². The molecule has 0 radical (unpaired) electrons. The summed E-state index contributed by atoms with van der Waals surface area (Å²) in [5, 5.41) is 13.6. The van der Waals surface area contributed by atoms with E-state index in [-0.39, 0.29) is 17.5 Å². The molecule has 1 amide bonds. The first kappa shape index (κ1) is 17.1. The number of hydrogen-bond acceptors (Lipinski definition) is 5. The summed E-state index contributed by atoms with van der Waals surface area (Å²) in [6.45, 7) is 2.80. The van der Waals surface area contributed by atoms with E-state index >= 15 is 0 Å². The van der Waals surface area contributed by atoms with Gasteiger partial charge in [0.1, 0.15) is 6.04 Å². The molecule has 8 heteroatoms. The normalized spacial score (nSPS) is 19.0. The number of para-hydroxylation sites is 1. The number of amides is 1. The summed E-state index contributed by atoms with van der Waals surface area (Å²) in [7, 11) is 1.90. The van der Waals surface area contributed by atoms with E-state index in [1.807, 2.05) is 18.1 Å². The Bertz CT molecular complexity index is 788. The molecule has 132 valence electrons. The third-order valence-electron chi connectivity index (χ3n) is 4.48. The minimum Gasteiger partial charge on any atom is -0.478 e. The standard InChI is InChI=1S/C17H21N5O3/c1-20-6-7-21(11-15(20)16(18)23)9-12-8-19-22(10-12)14-5-3-2-4-13(14)17(24)25/h2-5,8,10,15H,6-7,9,11H2,1H3,(H2,18,23)(H,24,25). The molecular weight excluding hydrogens is 322 g/mol. The highest BCUT2D eigenvalue weighted by Crippen LogP contribution is 2.16. The molecule has 1 aromatic heterocycles. The molecule has 1 fully saturated rings. The van der Waals surface area contributed by atoms with Crippen LogP contribution in [0.2, 0.25) is 0 Å². The van der Waals surface area contributed by atoms with Crippen LogP contribution in [0.4, 0.5) is 0 Å². The molecule has 1 aliphatic rings. The average molecular weight is 343 g/mol. The zero-order valence-electron chi connectivity index (χ0n) is 14.0. The minimum absolute atomic E-state index is 0.200. The van der Waals surface area contributed by atoms with Crippen LogP contribution in [0.25, 0.3) is 5.69 Å². The topological polar surface area (TPSA) is 105 Å². The molecule has 25 heavy (non-hydrogen) atoms. The lowest BCUT2D eigenvalue weighted by atomic mass is 10.1. The van der Waals surface area contributed by atoms with E-state index in [0.717, 1.165) is 18.7 Å². The Balaban J connectivity index is 1.75. The van der Waals surface area contributed by atoms with Gasteiger partial charge in [-0.2, -0.15) is 5.10 Å². The number of rotatable bonds is 5. The van der Waals surface area contributed by atoms with Crippen LogP contribution in [-0.4, -0.2) is 69.3 Å². The molecule has 3 N–H and O–H groups in total. The van der Waals surface area contributed by atoms with Crippen molar-refractivity contribution < 1.29 is 14.7 Å². The van der Waals surface area contributed by atoms with Crippen molar-refractivity contribution in [1.29, 1.82) is 0 Å². The number of likely N-dealkylation sites (N-methyl/N-ethyl adjacent to an activating group) is 1. The van der Waals surface area contributed by atoms with Gasteiger partial charge in [-0.15, -0.1) is 0 Å². The van der Waals surface area contributed by atoms with Crippen LogP contribution >= 0.6 is 0 Å². The molecule has 0 spiro atoms. The van der Waals surface area contributed by atoms with Gasteiger partial charge in [0.15, 0.2) is 0 Å². The molecule has 1 aromatic carbocycles. The van der Waals surface area contributed by atoms with Crippen molar-refractivity contribution in [3.63, 3.8) is 0 Å². The van der Waals surface area contributed by atoms with Gasteiger partial charge in [-0.25, -0.2) is 9.48 Å². The van der Waals surface area contributed by atoms with Gasteiger partial charge in [0, 0.05) is 37.9 Å². The summed E-state index contributed by atoms with van der Waals surface area (Å²) in [4.78, 5) is 27.0. The molecule has 2 aromatic rings. The lowest BCUT2D eigenvalue weighted by Crippen LogP contribution is -2.56. The monoisotopic (exact) mass is 343 g/mol. The Hall–Kier alpha value is -2.71. The maximum Gasteiger partial charge on any atom is 0.337 e. The Morgan fingerprint density at radius 3 is 2.80 bits per heavy atom. The van der Waals surface area contributed by atoms with E-state index in [0.29, 0.717) is 18.8 Å². The molecule has 0 bridgehead atoms. The van der Waals surface area contributed by atoms with Crippen molar-refractivity contribution in [2.75, 3.05) is 26.7 Å². The summed E-state index contributed by atoms with van der Waals surface area (Å²) < 4.78 is 1.57. The second-order valence-corrected chi connectivity index (χ2v) is 6.25. The van der Waals surface area contributed by atoms with Gasteiger partial charge in [-0.05, 0) is 19.2 Å². The molecule has 3 rings (SSSR count). The van der Waals surface area contributed by atoms with E-state index in [4.69, 9.17) is 5.73 Å². The number of carbonyl (C=O) groups is 2. The highest BCUT2D eigenvalue weighted by atomic mass is 16.4. The summed E-state index contributed by atoms with van der Waals surface area (Å²) in [5.74, 6) is -1.31. The number of hydrogen-bond donors (Lipinski definition) is 2. The molecule has 2 heterocycles. The van der Waals surface area contributed by atoms with Crippen LogP contribution in [-0.2, 0) is 11.3 Å². The maximum absolute atomic E-state index is 11.5. The smallest absolute Gasteiger partial charge is 0.337 e. The largest absolute Gasteiger partial charge is 0.478 e. The quantitative estimate of drug-likeness (QED) is 0.802. The predicted octanol–water partition coefficient (Wildman–Crippen LogP) is 0.172. The number of benzene rings is 1. The van der Waals surface area contributed by atoms with Crippen molar-refractivity contribution in [2.45, 2.75) is 12.6 Å². The molecule has 0 saturated carbocycles. The number of nitrogens with zero attached hydrogens (tertiary/aromatic N) is 4. The van der Waals surface area contributed by atoms with Crippen molar-refractivity contribution in [1.82, 2.24) is 19.6 Å². The summed E-state index contributed by atoms with van der Waals surface area (Å²) in [6.07, 6.45) is 3.54. The van der Waals surface area contributed by atoms with Crippen LogP contribution in [0.3, 0.4) is 0 Å². The second-order valence-electron chi connectivity index (χ2n) is 6.25. The van der Waals surface area contributed by atoms with Gasteiger partial charge < -0.3 is 10.8 Å². The van der Waals surface area contributed by atoms with Crippen LogP contribution in [0.1, 0.15) is 15.9 Å². The molecule has 1 saturated heterocycles. The minimum atomic E-state index is -0.990. The van der Waals surface area contributed by atoms with E-state index < -0.39 is 5.97 Å². The first-order valence-corrected chi connectivity index (χ1v) is 8.04. The Morgan fingerprint density at radius 1 is 1.32 bits per heavy atom. The second kappa shape index (κ2) is 7.04. The third-order valence-corrected chi connectivity index (χ3v) is 4.48. The molecule has 1 atom stereocenters. The van der Waals surface area contributed by atoms with E-state index in [1.54, 1.807) is 35.1 Å². The zero-order chi connectivity index (χ0) is 18.0. The number of aromatic nitrogens is 2. The van der Waals surface area contributed by atoms with Crippen molar-refractivity contribution >= 4 is 11.9 Å². The van der Waals surface area contributed by atoms with Gasteiger partial charge in [0.25, 0.3) is 0 Å². The number of carboxylic acid groups (broad SMARTS) is 1. The average Bonchev–Trinajstić information content (AvgIpc) is 3.04. The van der Waals surface area contributed by atoms with Crippen LogP contribution in [0.5, 0.6) is 0 Å². The summed E-state index contributed by atoms with van der Waals surface area (Å²) >= 11 is 0. The van der Waals surface area contributed by atoms with Crippen molar-refractivity contribution in [3.8, 4) is 5.69 Å². The predicted molar refractivity (Wildman–Crippen MR) is 91.4 cm³/mol. The lowest BCUT2D eigenvalue weighted by molar-refractivity contribution is -0.125. The van der Waals surface area contributed by atoms with Crippen molar-refractivity contribution in [2.24, 2.45) is 5.73 Å². The number of aromatic carboxylic acids is 1. The van der Waals surface area contributed by atoms with E-state index in [1.165, 1.54) is 0 Å². The first-order chi connectivity index (χ1) is 12.0. The maximum atomic E-state index is 11.5. The number of carboxylic acids is 1. The van der Waals surface area contributed by atoms with Gasteiger partial charge in [0.05, 0.1) is 17.4 Å². The zero-order valence-corrected chi connectivity index (χ0v) is 14.0. The lowest BCUT2D eigenvalue weighted by Gasteiger charge is -2.37. The molecule has 1 unspecified atom stereocenters. The SMILES string of the molecule is CN1CCN(Cc2cnn(-c3ccccc3C(=O)O)c2)CC1C(N)=O. The third kappa shape index (κ3) is 3.70. The molecule has 1 aliphatic heterocycles. The van der Waals surface area contributed by atoms with E-state index in [9.17, 15) is 14.7 Å². The molecule has 0 aliphatic carbocycles. The fraction of sp³-hybridized carbons (Fsp3) is 0.353. The van der Waals surface area contributed by atoms with Gasteiger partial charge in [-0.1, -0.05) is 12.1 Å².